The van der Waals surface area contributed by atoms with E-state index >= 15 is 0 Å². The number of aromatic hydroxyl groups is 2. The second-order valence-electron chi connectivity index (χ2n) is 4.90. The van der Waals surface area contributed by atoms with Crippen LogP contribution < -0.4 is 0 Å². The van der Waals surface area contributed by atoms with Gasteiger partial charge in [0.05, 0.1) is 0 Å². The van der Waals surface area contributed by atoms with Crippen molar-refractivity contribution in [2.24, 2.45) is 11.8 Å². The van der Waals surface area contributed by atoms with Gasteiger partial charge in [0.1, 0.15) is 11.5 Å². The van der Waals surface area contributed by atoms with Gasteiger partial charge in [0, 0.05) is 25.2 Å². The summed E-state index contributed by atoms with van der Waals surface area (Å²) in [5.41, 5.74) is 0.318. The van der Waals surface area contributed by atoms with Crippen LogP contribution in [0.1, 0.15) is 23.7 Å². The zero-order valence-corrected chi connectivity index (χ0v) is 10.1. The number of benzene rings is 1. The number of rotatable bonds is 3. The third-order valence-electron chi connectivity index (χ3n) is 3.28. The molecule has 2 atom stereocenters. The van der Waals surface area contributed by atoms with E-state index in [1.807, 2.05) is 0 Å². The number of phenolic OH excluding ortho intramolecular Hbond substituents is 2. The Kier molecular flexibility index (Phi) is 2.96. The zero-order valence-electron chi connectivity index (χ0n) is 10.1. The van der Waals surface area contributed by atoms with E-state index in [-0.39, 0.29) is 17.4 Å². The van der Waals surface area contributed by atoms with Gasteiger partial charge in [-0.2, -0.15) is 0 Å². The zero-order chi connectivity index (χ0) is 12.6. The normalized spacial score (nSPS) is 22.2. The lowest BCUT2D eigenvalue weighted by molar-refractivity contribution is 0.0786. The van der Waals surface area contributed by atoms with Crippen LogP contribution in [0, 0.1) is 11.8 Å². The monoisotopic (exact) mass is 235 g/mol. The summed E-state index contributed by atoms with van der Waals surface area (Å²) >= 11 is 0. The lowest BCUT2D eigenvalue weighted by Gasteiger charge is -2.17. The highest BCUT2D eigenvalue weighted by Crippen LogP contribution is 2.38. The Bertz CT molecular complexity index is 424. The molecule has 1 aromatic carbocycles. The van der Waals surface area contributed by atoms with Crippen LogP contribution in [0.15, 0.2) is 18.2 Å². The predicted octanol–water partition coefficient (Wildman–Crippen LogP) is 1.83. The van der Waals surface area contributed by atoms with E-state index in [1.165, 1.54) is 24.6 Å². The molecule has 0 radical (unpaired) electrons. The molecule has 1 amide bonds. The van der Waals surface area contributed by atoms with Crippen molar-refractivity contribution in [2.45, 2.75) is 13.3 Å². The molecule has 1 aliphatic carbocycles. The van der Waals surface area contributed by atoms with E-state index < -0.39 is 0 Å². The summed E-state index contributed by atoms with van der Waals surface area (Å²) in [6.45, 7) is 2.90. The van der Waals surface area contributed by atoms with E-state index in [9.17, 15) is 15.0 Å². The number of hydrogen-bond acceptors (Lipinski definition) is 3. The van der Waals surface area contributed by atoms with Crippen LogP contribution in [0.3, 0.4) is 0 Å². The predicted molar refractivity (Wildman–Crippen MR) is 64.0 cm³/mol. The summed E-state index contributed by atoms with van der Waals surface area (Å²) in [4.78, 5) is 13.7. The van der Waals surface area contributed by atoms with Gasteiger partial charge in [-0.25, -0.2) is 0 Å². The van der Waals surface area contributed by atoms with Crippen LogP contribution in [0.25, 0.3) is 0 Å². The number of amides is 1. The molecule has 4 nitrogen and oxygen atoms in total. The number of nitrogens with zero attached hydrogens (tertiary/aromatic N) is 1. The molecule has 1 fully saturated rings. The van der Waals surface area contributed by atoms with E-state index in [1.54, 1.807) is 11.9 Å². The molecule has 2 N–H and O–H groups in total. The first-order chi connectivity index (χ1) is 7.97. The molecule has 0 spiro atoms. The Balaban J connectivity index is 2.07. The lowest BCUT2D eigenvalue weighted by Crippen LogP contribution is -2.29. The minimum Gasteiger partial charge on any atom is -0.508 e. The van der Waals surface area contributed by atoms with Crippen LogP contribution >= 0.6 is 0 Å². The SMILES string of the molecule is CC1CC1CN(C)C(=O)c1cc(O)cc(O)c1. The number of hydrogen-bond donors (Lipinski definition) is 2. The summed E-state index contributed by atoms with van der Waals surface area (Å²) in [5.74, 6) is 0.927. The Morgan fingerprint density at radius 3 is 2.35 bits per heavy atom. The molecule has 0 heterocycles. The van der Waals surface area contributed by atoms with Crippen LogP contribution in [0.2, 0.25) is 0 Å². The van der Waals surface area contributed by atoms with Crippen molar-refractivity contribution in [1.29, 1.82) is 0 Å². The second-order valence-corrected chi connectivity index (χ2v) is 4.90. The Morgan fingerprint density at radius 1 is 1.35 bits per heavy atom. The van der Waals surface area contributed by atoms with Gasteiger partial charge in [-0.05, 0) is 30.4 Å². The first kappa shape index (κ1) is 11.8. The van der Waals surface area contributed by atoms with Crippen molar-refractivity contribution in [3.05, 3.63) is 23.8 Å². The molecule has 2 rings (SSSR count). The van der Waals surface area contributed by atoms with Crippen molar-refractivity contribution < 1.29 is 15.0 Å². The summed E-state index contributed by atoms with van der Waals surface area (Å²) in [6.07, 6.45) is 1.17. The van der Waals surface area contributed by atoms with E-state index in [0.29, 0.717) is 17.4 Å². The minimum atomic E-state index is -0.171. The van der Waals surface area contributed by atoms with Gasteiger partial charge in [-0.15, -0.1) is 0 Å². The molecule has 1 aliphatic rings. The highest BCUT2D eigenvalue weighted by molar-refractivity contribution is 5.94. The van der Waals surface area contributed by atoms with Crippen molar-refractivity contribution in [2.75, 3.05) is 13.6 Å². The summed E-state index contributed by atoms with van der Waals surface area (Å²) in [7, 11) is 1.74. The molecule has 0 aromatic heterocycles. The third-order valence-corrected chi connectivity index (χ3v) is 3.28. The summed E-state index contributed by atoms with van der Waals surface area (Å²) in [6, 6.07) is 3.95. The molecular formula is C13H17NO3. The molecule has 0 aliphatic heterocycles. The van der Waals surface area contributed by atoms with Crippen LogP contribution in [-0.4, -0.2) is 34.6 Å². The molecule has 0 bridgehead atoms. The first-order valence-electron chi connectivity index (χ1n) is 5.76. The van der Waals surface area contributed by atoms with Crippen molar-refractivity contribution in [3.8, 4) is 11.5 Å². The molecule has 92 valence electrons. The molecule has 4 heteroatoms. The first-order valence-corrected chi connectivity index (χ1v) is 5.76. The van der Waals surface area contributed by atoms with Crippen LogP contribution in [-0.2, 0) is 0 Å². The summed E-state index contributed by atoms with van der Waals surface area (Å²) in [5, 5.41) is 18.7. The van der Waals surface area contributed by atoms with Gasteiger partial charge < -0.3 is 15.1 Å². The fourth-order valence-electron chi connectivity index (χ4n) is 2.03. The van der Waals surface area contributed by atoms with E-state index in [2.05, 4.69) is 6.92 Å². The quantitative estimate of drug-likeness (QED) is 0.840. The molecule has 1 aromatic rings. The standard InChI is InChI=1S/C13H17NO3/c1-8-3-10(8)7-14(2)13(17)9-4-11(15)6-12(16)5-9/h4-6,8,10,15-16H,3,7H2,1-2H3. The maximum absolute atomic E-state index is 12.0. The van der Waals surface area contributed by atoms with Gasteiger partial charge in [-0.1, -0.05) is 6.92 Å². The van der Waals surface area contributed by atoms with E-state index in [4.69, 9.17) is 0 Å². The van der Waals surface area contributed by atoms with Crippen molar-refractivity contribution >= 4 is 5.91 Å². The van der Waals surface area contributed by atoms with Gasteiger partial charge in [-0.3, -0.25) is 4.79 Å². The average molecular weight is 235 g/mol. The van der Waals surface area contributed by atoms with Gasteiger partial charge >= 0.3 is 0 Å². The lowest BCUT2D eigenvalue weighted by atomic mass is 10.1. The minimum absolute atomic E-state index is 0.0958. The molecular weight excluding hydrogens is 218 g/mol. The van der Waals surface area contributed by atoms with Gasteiger partial charge in [0.2, 0.25) is 0 Å². The maximum atomic E-state index is 12.0. The maximum Gasteiger partial charge on any atom is 0.253 e. The fourth-order valence-corrected chi connectivity index (χ4v) is 2.03. The Labute approximate surface area is 100 Å². The Hall–Kier alpha value is -1.71. The topological polar surface area (TPSA) is 60.8 Å². The van der Waals surface area contributed by atoms with Crippen molar-refractivity contribution in [1.82, 2.24) is 4.90 Å². The number of carbonyl (C=O) groups excluding carboxylic acids is 1. The van der Waals surface area contributed by atoms with Gasteiger partial charge in [0.15, 0.2) is 0 Å². The fraction of sp³-hybridized carbons (Fsp3) is 0.462. The Morgan fingerprint density at radius 2 is 1.88 bits per heavy atom. The smallest absolute Gasteiger partial charge is 0.253 e. The molecule has 1 saturated carbocycles. The van der Waals surface area contributed by atoms with Gasteiger partial charge in [0.25, 0.3) is 5.91 Å². The summed E-state index contributed by atoms with van der Waals surface area (Å²) < 4.78 is 0. The van der Waals surface area contributed by atoms with E-state index in [0.717, 1.165) is 6.54 Å². The third kappa shape index (κ3) is 2.70. The largest absolute Gasteiger partial charge is 0.508 e. The molecule has 0 saturated heterocycles. The van der Waals surface area contributed by atoms with Crippen LogP contribution in [0.4, 0.5) is 0 Å². The van der Waals surface area contributed by atoms with Crippen molar-refractivity contribution in [3.63, 3.8) is 0 Å². The highest BCUT2D eigenvalue weighted by Gasteiger charge is 2.34. The average Bonchev–Trinajstić information content (AvgIpc) is 2.91. The van der Waals surface area contributed by atoms with Crippen LogP contribution in [0.5, 0.6) is 11.5 Å². The second kappa shape index (κ2) is 4.28. The molecule has 17 heavy (non-hydrogen) atoms. The molecule has 2 unspecified atom stereocenters. The number of phenols is 2. The highest BCUT2D eigenvalue weighted by atomic mass is 16.3. The number of carbonyl (C=O) groups is 1.